The Hall–Kier alpha value is -1.63. The number of Topliss-reactive ketones (excluding diaryl/α,β-unsaturated/α-hetero) is 1. The van der Waals surface area contributed by atoms with E-state index in [1.54, 1.807) is 31.2 Å². The Balaban J connectivity index is 2.99. The predicted octanol–water partition coefficient (Wildman–Crippen LogP) is 2.65. The number of carbonyl (C=O) groups is 1. The van der Waals surface area contributed by atoms with E-state index in [1.807, 2.05) is 0 Å². The Kier molecular flexibility index (Phi) is 3.62. The summed E-state index contributed by atoms with van der Waals surface area (Å²) in [6.45, 7) is 6.75. The lowest BCUT2D eigenvalue weighted by Gasteiger charge is -2.09. The summed E-state index contributed by atoms with van der Waals surface area (Å²) in [7, 11) is 0. The third-order valence-corrected chi connectivity index (χ3v) is 2.32. The maximum Gasteiger partial charge on any atom is 0.159 e. The first-order valence-electron chi connectivity index (χ1n) is 4.71. The molecule has 1 aromatic carbocycles. The molecule has 0 saturated carbocycles. The quantitative estimate of drug-likeness (QED) is 0.604. The molecule has 0 radical (unpaired) electrons. The topological polar surface area (TPSA) is 37.3 Å². The zero-order chi connectivity index (χ0) is 11.4. The molecule has 78 valence electrons. The summed E-state index contributed by atoms with van der Waals surface area (Å²) in [5.41, 5.74) is 4.71. The third-order valence-electron chi connectivity index (χ3n) is 2.32. The summed E-state index contributed by atoms with van der Waals surface area (Å²) >= 11 is 0. The zero-order valence-corrected chi connectivity index (χ0v) is 8.95. The predicted molar refractivity (Wildman–Crippen MR) is 59.7 cm³/mol. The van der Waals surface area contributed by atoms with Crippen LogP contribution in [0.5, 0.6) is 0 Å². The first-order valence-corrected chi connectivity index (χ1v) is 4.71. The van der Waals surface area contributed by atoms with Crippen LogP contribution in [0, 0.1) is 0 Å². The lowest BCUT2D eigenvalue weighted by molar-refractivity contribution is 0.101. The van der Waals surface area contributed by atoms with Crippen molar-refractivity contribution in [1.29, 1.82) is 0 Å². The molecule has 0 aliphatic rings. The Bertz CT molecular complexity index is 409. The Labute approximate surface area is 89.6 Å². The van der Waals surface area contributed by atoms with Gasteiger partial charge in [-0.2, -0.15) is 0 Å². The molecule has 1 atom stereocenters. The van der Waals surface area contributed by atoms with Gasteiger partial charge in [0.2, 0.25) is 0 Å². The summed E-state index contributed by atoms with van der Waals surface area (Å²) in [6.07, 6.45) is -0.691. The summed E-state index contributed by atoms with van der Waals surface area (Å²) in [4.78, 5) is 11.0. The van der Waals surface area contributed by atoms with Gasteiger partial charge in [-0.3, -0.25) is 4.79 Å². The van der Waals surface area contributed by atoms with Crippen LogP contribution in [0.1, 0.15) is 35.9 Å². The molecular weight excluding hydrogens is 188 g/mol. The highest BCUT2D eigenvalue weighted by Crippen LogP contribution is 2.20. The number of carbonyl (C=O) groups excluding carboxylic acids is 1. The molecule has 0 amide bonds. The molecule has 0 bridgehead atoms. The van der Waals surface area contributed by atoms with Crippen LogP contribution < -0.4 is 0 Å². The van der Waals surface area contributed by atoms with Gasteiger partial charge in [-0.15, -0.1) is 5.73 Å². The molecule has 0 aliphatic heterocycles. The molecule has 0 saturated heterocycles. The van der Waals surface area contributed by atoms with Crippen LogP contribution >= 0.6 is 0 Å². The minimum atomic E-state index is -0.691. The number of aliphatic hydroxyl groups excluding tert-OH is 1. The van der Waals surface area contributed by atoms with E-state index in [-0.39, 0.29) is 5.78 Å². The summed E-state index contributed by atoms with van der Waals surface area (Å²) in [5, 5.41) is 9.79. The molecule has 0 heterocycles. The van der Waals surface area contributed by atoms with Crippen molar-refractivity contribution >= 4 is 5.78 Å². The average molecular weight is 202 g/mol. The summed E-state index contributed by atoms with van der Waals surface area (Å²) < 4.78 is 0. The van der Waals surface area contributed by atoms with Gasteiger partial charge in [0, 0.05) is 11.1 Å². The smallest absolute Gasteiger partial charge is 0.159 e. The second-order valence-electron chi connectivity index (χ2n) is 3.44. The van der Waals surface area contributed by atoms with Gasteiger partial charge in [-0.25, -0.2) is 0 Å². The van der Waals surface area contributed by atoms with Crippen LogP contribution in [0.25, 0.3) is 0 Å². The van der Waals surface area contributed by atoms with Gasteiger partial charge in [0.25, 0.3) is 0 Å². The molecule has 2 nitrogen and oxygen atoms in total. The van der Waals surface area contributed by atoms with Gasteiger partial charge in [-0.1, -0.05) is 30.8 Å². The van der Waals surface area contributed by atoms with Crippen molar-refractivity contribution in [3.63, 3.8) is 0 Å². The molecule has 1 unspecified atom stereocenters. The van der Waals surface area contributed by atoms with E-state index in [1.165, 1.54) is 6.92 Å². The number of rotatable bonds is 3. The molecule has 15 heavy (non-hydrogen) atoms. The fraction of sp³-hybridized carbons (Fsp3) is 0.231. The van der Waals surface area contributed by atoms with Crippen LogP contribution in [-0.2, 0) is 0 Å². The number of aliphatic hydroxyl groups is 1. The van der Waals surface area contributed by atoms with Crippen LogP contribution in [0.4, 0.5) is 0 Å². The molecule has 0 spiro atoms. The molecule has 1 rings (SSSR count). The van der Waals surface area contributed by atoms with Crippen LogP contribution in [0.15, 0.2) is 42.1 Å². The Morgan fingerprint density at radius 3 is 2.27 bits per heavy atom. The van der Waals surface area contributed by atoms with E-state index in [0.717, 1.165) is 5.56 Å². The van der Waals surface area contributed by atoms with E-state index >= 15 is 0 Å². The van der Waals surface area contributed by atoms with Gasteiger partial charge < -0.3 is 5.11 Å². The van der Waals surface area contributed by atoms with Gasteiger partial charge in [0.1, 0.15) is 6.10 Å². The molecule has 1 N–H and O–H groups in total. The Morgan fingerprint density at radius 1 is 1.33 bits per heavy atom. The highest BCUT2D eigenvalue weighted by Gasteiger charge is 2.09. The van der Waals surface area contributed by atoms with Crippen molar-refractivity contribution in [3.05, 3.63) is 53.3 Å². The largest absolute Gasteiger partial charge is 0.383 e. The molecule has 1 aromatic rings. The second-order valence-corrected chi connectivity index (χ2v) is 3.44. The van der Waals surface area contributed by atoms with Gasteiger partial charge in [0.15, 0.2) is 5.78 Å². The van der Waals surface area contributed by atoms with E-state index in [2.05, 4.69) is 12.3 Å². The number of hydrogen-bond acceptors (Lipinski definition) is 2. The van der Waals surface area contributed by atoms with Crippen molar-refractivity contribution in [1.82, 2.24) is 0 Å². The number of hydrogen-bond donors (Lipinski definition) is 1. The van der Waals surface area contributed by atoms with E-state index < -0.39 is 6.10 Å². The first kappa shape index (κ1) is 11.4. The van der Waals surface area contributed by atoms with Gasteiger partial charge in [0.05, 0.1) is 0 Å². The zero-order valence-electron chi connectivity index (χ0n) is 8.95. The maximum atomic E-state index is 11.0. The van der Waals surface area contributed by atoms with Crippen molar-refractivity contribution in [2.45, 2.75) is 20.0 Å². The lowest BCUT2D eigenvalue weighted by atomic mass is 10.0. The van der Waals surface area contributed by atoms with Crippen LogP contribution in [-0.4, -0.2) is 10.9 Å². The standard InChI is InChI=1S/C13H14O2/c1-4-9(2)13(15)12-7-5-11(6-8-12)10(3)14/h5-8,13,15H,1H2,2-3H3. The molecule has 0 aromatic heterocycles. The van der Waals surface area contributed by atoms with Crippen molar-refractivity contribution in [2.75, 3.05) is 0 Å². The third kappa shape index (κ3) is 2.66. The molecule has 0 aliphatic carbocycles. The minimum absolute atomic E-state index is 0.0204. The van der Waals surface area contributed by atoms with Crippen molar-refractivity contribution in [2.24, 2.45) is 0 Å². The van der Waals surface area contributed by atoms with E-state index in [0.29, 0.717) is 11.1 Å². The first-order chi connectivity index (χ1) is 7.06. The summed E-state index contributed by atoms with van der Waals surface area (Å²) in [5.74, 6) is 0.0204. The van der Waals surface area contributed by atoms with Crippen molar-refractivity contribution in [3.8, 4) is 0 Å². The van der Waals surface area contributed by atoms with Gasteiger partial charge >= 0.3 is 0 Å². The highest BCUT2D eigenvalue weighted by atomic mass is 16.3. The number of benzene rings is 1. The highest BCUT2D eigenvalue weighted by molar-refractivity contribution is 5.94. The lowest BCUT2D eigenvalue weighted by Crippen LogP contribution is -1.99. The second kappa shape index (κ2) is 4.74. The molecular formula is C13H14O2. The normalized spacial score (nSPS) is 11.7. The van der Waals surface area contributed by atoms with Crippen LogP contribution in [0.3, 0.4) is 0 Å². The SMILES string of the molecule is C=C=C(C)C(O)c1ccc(C(C)=O)cc1. The van der Waals surface area contributed by atoms with E-state index in [9.17, 15) is 9.90 Å². The number of ketones is 1. The van der Waals surface area contributed by atoms with Crippen LogP contribution in [0.2, 0.25) is 0 Å². The molecule has 0 fully saturated rings. The molecule has 2 heteroatoms. The maximum absolute atomic E-state index is 11.0. The van der Waals surface area contributed by atoms with Gasteiger partial charge in [-0.05, 0) is 19.4 Å². The fourth-order valence-electron chi connectivity index (χ4n) is 1.25. The monoisotopic (exact) mass is 202 g/mol. The minimum Gasteiger partial charge on any atom is -0.383 e. The summed E-state index contributed by atoms with van der Waals surface area (Å²) in [6, 6.07) is 6.89. The Morgan fingerprint density at radius 2 is 1.87 bits per heavy atom. The average Bonchev–Trinajstić information content (AvgIpc) is 2.27. The fourth-order valence-corrected chi connectivity index (χ4v) is 1.25. The van der Waals surface area contributed by atoms with E-state index in [4.69, 9.17) is 0 Å². The van der Waals surface area contributed by atoms with Crippen molar-refractivity contribution < 1.29 is 9.90 Å².